The van der Waals surface area contributed by atoms with Crippen molar-refractivity contribution in [3.63, 3.8) is 0 Å². The van der Waals surface area contributed by atoms with Gasteiger partial charge < -0.3 is 18.9 Å². The first-order valence-electron chi connectivity index (χ1n) is 8.18. The van der Waals surface area contributed by atoms with Gasteiger partial charge in [0.25, 0.3) is 0 Å². The van der Waals surface area contributed by atoms with Gasteiger partial charge in [-0.15, -0.1) is 11.3 Å². The highest BCUT2D eigenvalue weighted by atomic mass is 32.1. The average molecular weight is 352 g/mol. The molecule has 0 bridgehead atoms. The lowest BCUT2D eigenvalue weighted by molar-refractivity contribution is 0.173. The quantitative estimate of drug-likeness (QED) is 0.698. The van der Waals surface area contributed by atoms with E-state index in [0.717, 1.165) is 35.8 Å². The Morgan fingerprint density at radius 2 is 1.08 bits per heavy atom. The van der Waals surface area contributed by atoms with Gasteiger partial charge in [0.2, 0.25) is 13.6 Å². The average Bonchev–Trinajstić information content (AvgIpc) is 3.35. The number of thiophene rings is 1. The number of fused-ring (bicyclic) bond motifs is 2. The molecule has 0 unspecified atom stereocenters. The van der Waals surface area contributed by atoms with Crippen LogP contribution in [0, 0.1) is 0 Å². The van der Waals surface area contributed by atoms with E-state index in [-0.39, 0.29) is 0 Å². The van der Waals surface area contributed by atoms with Crippen LogP contribution >= 0.6 is 11.3 Å². The highest BCUT2D eigenvalue weighted by molar-refractivity contribution is 7.12. The molecule has 3 aromatic rings. The van der Waals surface area contributed by atoms with Crippen molar-refractivity contribution in [2.45, 2.75) is 12.8 Å². The largest absolute Gasteiger partial charge is 0.454 e. The van der Waals surface area contributed by atoms with Gasteiger partial charge in [0.1, 0.15) is 0 Å². The molecule has 2 aliphatic rings. The highest BCUT2D eigenvalue weighted by Crippen LogP contribution is 2.35. The van der Waals surface area contributed by atoms with Gasteiger partial charge in [-0.25, -0.2) is 0 Å². The van der Waals surface area contributed by atoms with Crippen LogP contribution in [0.5, 0.6) is 23.0 Å². The third-order valence-corrected chi connectivity index (χ3v) is 5.43. The van der Waals surface area contributed by atoms with E-state index < -0.39 is 0 Å². The molecule has 0 aliphatic carbocycles. The second-order valence-corrected chi connectivity index (χ2v) is 7.35. The third kappa shape index (κ3) is 2.91. The fraction of sp³-hybridized carbons (Fsp3) is 0.200. The topological polar surface area (TPSA) is 36.9 Å². The SMILES string of the molecule is c1cc2c(cc1Cc1ccc(Cc3ccc4c(c3)OCO4)s1)OCO2. The zero-order chi connectivity index (χ0) is 16.6. The maximum absolute atomic E-state index is 5.46. The van der Waals surface area contributed by atoms with Crippen molar-refractivity contribution in [1.82, 2.24) is 0 Å². The molecule has 4 nitrogen and oxygen atoms in total. The Kier molecular flexibility index (Phi) is 3.52. The minimum atomic E-state index is 0.317. The maximum Gasteiger partial charge on any atom is 0.231 e. The minimum Gasteiger partial charge on any atom is -0.454 e. The van der Waals surface area contributed by atoms with Crippen LogP contribution in [-0.4, -0.2) is 13.6 Å². The first kappa shape index (κ1) is 14.7. The lowest BCUT2D eigenvalue weighted by atomic mass is 10.1. The van der Waals surface area contributed by atoms with Crippen LogP contribution in [0.25, 0.3) is 0 Å². The summed E-state index contributed by atoms with van der Waals surface area (Å²) in [6.45, 7) is 0.634. The van der Waals surface area contributed by atoms with Gasteiger partial charge in [-0.05, 0) is 47.5 Å². The van der Waals surface area contributed by atoms with Crippen molar-refractivity contribution in [1.29, 1.82) is 0 Å². The first-order valence-corrected chi connectivity index (χ1v) is 9.00. The summed E-state index contributed by atoms with van der Waals surface area (Å²) in [7, 11) is 0. The molecule has 0 saturated carbocycles. The molecule has 0 fully saturated rings. The summed E-state index contributed by atoms with van der Waals surface area (Å²) in [5.41, 5.74) is 2.47. The lowest BCUT2D eigenvalue weighted by Gasteiger charge is -2.02. The summed E-state index contributed by atoms with van der Waals surface area (Å²) in [6, 6.07) is 16.7. The van der Waals surface area contributed by atoms with Gasteiger partial charge in [0.15, 0.2) is 23.0 Å². The molecular weight excluding hydrogens is 336 g/mol. The van der Waals surface area contributed by atoms with Crippen molar-refractivity contribution in [3.8, 4) is 23.0 Å². The van der Waals surface area contributed by atoms with Crippen molar-refractivity contribution >= 4 is 11.3 Å². The molecule has 25 heavy (non-hydrogen) atoms. The van der Waals surface area contributed by atoms with E-state index in [1.165, 1.54) is 20.9 Å². The van der Waals surface area contributed by atoms with Crippen molar-refractivity contribution in [3.05, 3.63) is 69.4 Å². The van der Waals surface area contributed by atoms with E-state index in [1.54, 1.807) is 0 Å². The number of rotatable bonds is 4. The number of benzene rings is 2. The standard InChI is InChI=1S/C20H16O4S/c1-5-17-19(23-11-21-17)9-13(1)7-15-3-4-16(25-15)8-14-2-6-18-20(10-14)24-12-22-18/h1-6,9-10H,7-8,11-12H2. The lowest BCUT2D eigenvalue weighted by Crippen LogP contribution is -1.93. The van der Waals surface area contributed by atoms with Crippen molar-refractivity contribution < 1.29 is 18.9 Å². The molecule has 0 amide bonds. The summed E-state index contributed by atoms with van der Waals surface area (Å²) in [5.74, 6) is 3.35. The molecule has 0 spiro atoms. The van der Waals surface area contributed by atoms with Crippen molar-refractivity contribution in [2.75, 3.05) is 13.6 Å². The number of hydrogen-bond acceptors (Lipinski definition) is 5. The summed E-state index contributed by atoms with van der Waals surface area (Å²) in [4.78, 5) is 2.68. The predicted molar refractivity (Wildman–Crippen MR) is 95.1 cm³/mol. The molecule has 0 radical (unpaired) electrons. The highest BCUT2D eigenvalue weighted by Gasteiger charge is 2.15. The smallest absolute Gasteiger partial charge is 0.231 e. The molecule has 2 aromatic carbocycles. The second-order valence-electron chi connectivity index (χ2n) is 6.10. The number of ether oxygens (including phenoxy) is 4. The van der Waals surface area contributed by atoms with Crippen LogP contribution < -0.4 is 18.9 Å². The predicted octanol–water partition coefficient (Wildman–Crippen LogP) is 4.39. The Morgan fingerprint density at radius 3 is 1.60 bits per heavy atom. The Hall–Kier alpha value is -2.66. The molecule has 0 saturated heterocycles. The molecule has 5 heteroatoms. The van der Waals surface area contributed by atoms with Gasteiger partial charge in [0.05, 0.1) is 0 Å². The van der Waals surface area contributed by atoms with E-state index in [9.17, 15) is 0 Å². The third-order valence-electron chi connectivity index (χ3n) is 4.35. The van der Waals surface area contributed by atoms with E-state index in [2.05, 4.69) is 36.4 Å². The Labute approximate surface area is 149 Å². The van der Waals surface area contributed by atoms with Gasteiger partial charge in [0, 0.05) is 22.6 Å². The molecular formula is C20H16O4S. The molecule has 1 aromatic heterocycles. The van der Waals surface area contributed by atoms with Gasteiger partial charge in [-0.2, -0.15) is 0 Å². The summed E-state index contributed by atoms with van der Waals surface area (Å²) < 4.78 is 21.6. The first-order chi connectivity index (χ1) is 12.3. The molecule has 0 atom stereocenters. The van der Waals surface area contributed by atoms with Crippen LogP contribution in [-0.2, 0) is 12.8 Å². The van der Waals surface area contributed by atoms with Crippen LogP contribution in [0.1, 0.15) is 20.9 Å². The van der Waals surface area contributed by atoms with Crippen LogP contribution in [0.2, 0.25) is 0 Å². The Balaban J connectivity index is 1.30. The van der Waals surface area contributed by atoms with E-state index >= 15 is 0 Å². The molecule has 3 heterocycles. The zero-order valence-corrected chi connectivity index (χ0v) is 14.3. The van der Waals surface area contributed by atoms with Crippen LogP contribution in [0.3, 0.4) is 0 Å². The van der Waals surface area contributed by atoms with Gasteiger partial charge in [-0.3, -0.25) is 0 Å². The summed E-state index contributed by atoms with van der Waals surface area (Å²) in [6.07, 6.45) is 1.81. The van der Waals surface area contributed by atoms with Gasteiger partial charge in [-0.1, -0.05) is 12.1 Å². The fourth-order valence-corrected chi connectivity index (χ4v) is 4.20. The van der Waals surface area contributed by atoms with Crippen molar-refractivity contribution in [2.24, 2.45) is 0 Å². The summed E-state index contributed by atoms with van der Waals surface area (Å²) >= 11 is 1.84. The van der Waals surface area contributed by atoms with E-state index in [4.69, 9.17) is 18.9 Å². The molecule has 5 rings (SSSR count). The fourth-order valence-electron chi connectivity index (χ4n) is 3.12. The minimum absolute atomic E-state index is 0.317. The summed E-state index contributed by atoms with van der Waals surface area (Å²) in [5, 5.41) is 0. The normalized spacial score (nSPS) is 14.1. The molecule has 2 aliphatic heterocycles. The van der Waals surface area contributed by atoms with E-state index in [1.807, 2.05) is 23.5 Å². The Morgan fingerprint density at radius 1 is 0.600 bits per heavy atom. The van der Waals surface area contributed by atoms with Crippen LogP contribution in [0.15, 0.2) is 48.5 Å². The van der Waals surface area contributed by atoms with E-state index in [0.29, 0.717) is 13.6 Å². The van der Waals surface area contributed by atoms with Crippen LogP contribution in [0.4, 0.5) is 0 Å². The maximum atomic E-state index is 5.46. The van der Waals surface area contributed by atoms with Gasteiger partial charge >= 0.3 is 0 Å². The monoisotopic (exact) mass is 352 g/mol. The number of hydrogen-bond donors (Lipinski definition) is 0. The zero-order valence-electron chi connectivity index (χ0n) is 13.5. The Bertz CT molecular complexity index is 857. The second kappa shape index (κ2) is 6.01. The molecule has 126 valence electrons. The molecule has 0 N–H and O–H groups in total.